The molecule has 0 aromatic heterocycles. The molecule has 0 rings (SSSR count). The van der Waals surface area contributed by atoms with Crippen LogP contribution in [0.25, 0.3) is 0 Å². The van der Waals surface area contributed by atoms with Gasteiger partial charge in [0.25, 0.3) is 0 Å². The maximum Gasteiger partial charge on any atom is 0.353 e. The second-order valence-electron chi connectivity index (χ2n) is 2.31. The van der Waals surface area contributed by atoms with Crippen LogP contribution < -0.4 is 11.5 Å². The summed E-state index contributed by atoms with van der Waals surface area (Å²) in [6.07, 6.45) is 0.609. The molecule has 0 aliphatic heterocycles. The van der Waals surface area contributed by atoms with Crippen LogP contribution in [0, 0.1) is 0 Å². The molecule has 66 valence electrons. The molecular formula is C6H14N2O3. The number of carbonyl (C=O) groups is 1. The first-order chi connectivity index (χ1) is 5.04. The van der Waals surface area contributed by atoms with Gasteiger partial charge in [-0.25, -0.2) is 4.79 Å². The van der Waals surface area contributed by atoms with Crippen molar-refractivity contribution >= 4 is 5.97 Å². The zero-order valence-corrected chi connectivity index (χ0v) is 6.54. The monoisotopic (exact) mass is 162 g/mol. The van der Waals surface area contributed by atoms with Crippen molar-refractivity contribution in [1.29, 1.82) is 0 Å². The van der Waals surface area contributed by atoms with Crippen molar-refractivity contribution < 1.29 is 14.6 Å². The number of carbonyl (C=O) groups excluding carboxylic acids is 1. The van der Waals surface area contributed by atoms with Crippen LogP contribution in [0.1, 0.15) is 12.8 Å². The van der Waals surface area contributed by atoms with Gasteiger partial charge < -0.3 is 15.6 Å². The Labute approximate surface area is 65.3 Å². The standard InChI is InChI=1S/C6H14N2O3/c1-11-5(9)6(8,10)3-2-4-7/h10H,2-4,7-8H2,1H3/t6-/m0/s1. The van der Waals surface area contributed by atoms with Gasteiger partial charge in [-0.3, -0.25) is 5.73 Å². The van der Waals surface area contributed by atoms with E-state index in [-0.39, 0.29) is 6.42 Å². The number of hydrogen-bond acceptors (Lipinski definition) is 5. The maximum absolute atomic E-state index is 10.7. The smallest absolute Gasteiger partial charge is 0.353 e. The first-order valence-corrected chi connectivity index (χ1v) is 3.34. The van der Waals surface area contributed by atoms with Crippen LogP contribution in [0.5, 0.6) is 0 Å². The van der Waals surface area contributed by atoms with Crippen molar-refractivity contribution in [3.63, 3.8) is 0 Å². The lowest BCUT2D eigenvalue weighted by molar-refractivity contribution is -0.162. The minimum Gasteiger partial charge on any atom is -0.466 e. The van der Waals surface area contributed by atoms with E-state index < -0.39 is 11.7 Å². The second kappa shape index (κ2) is 4.27. The van der Waals surface area contributed by atoms with Crippen LogP contribution in [0.15, 0.2) is 0 Å². The zero-order chi connectivity index (χ0) is 8.91. The van der Waals surface area contributed by atoms with Crippen molar-refractivity contribution in [2.24, 2.45) is 11.5 Å². The SMILES string of the molecule is COC(=O)[C@@](N)(O)CCCN. The van der Waals surface area contributed by atoms with Gasteiger partial charge in [0.1, 0.15) is 0 Å². The van der Waals surface area contributed by atoms with E-state index in [1.807, 2.05) is 0 Å². The second-order valence-corrected chi connectivity index (χ2v) is 2.31. The average molecular weight is 162 g/mol. The molecule has 0 amide bonds. The summed E-state index contributed by atoms with van der Waals surface area (Å²) in [5.74, 6) is -0.828. The van der Waals surface area contributed by atoms with Gasteiger partial charge in [-0.05, 0) is 13.0 Å². The molecular weight excluding hydrogens is 148 g/mol. The van der Waals surface area contributed by atoms with Gasteiger partial charge in [-0.1, -0.05) is 0 Å². The molecule has 11 heavy (non-hydrogen) atoms. The molecule has 0 aliphatic rings. The topological polar surface area (TPSA) is 98.6 Å². The summed E-state index contributed by atoms with van der Waals surface area (Å²) in [6, 6.07) is 0. The number of nitrogens with two attached hydrogens (primary N) is 2. The summed E-state index contributed by atoms with van der Waals surface area (Å²) in [4.78, 5) is 10.7. The molecule has 0 fully saturated rings. The summed E-state index contributed by atoms with van der Waals surface area (Å²) in [7, 11) is 1.17. The van der Waals surface area contributed by atoms with E-state index in [9.17, 15) is 4.79 Å². The molecule has 0 heterocycles. The highest BCUT2D eigenvalue weighted by molar-refractivity contribution is 5.78. The van der Waals surface area contributed by atoms with Crippen molar-refractivity contribution in [2.45, 2.75) is 18.6 Å². The van der Waals surface area contributed by atoms with Crippen LogP contribution in [-0.2, 0) is 9.53 Å². The summed E-state index contributed by atoms with van der Waals surface area (Å²) in [6.45, 7) is 0.385. The molecule has 0 radical (unpaired) electrons. The third-order valence-corrected chi connectivity index (χ3v) is 1.30. The van der Waals surface area contributed by atoms with Gasteiger partial charge >= 0.3 is 5.97 Å². The lowest BCUT2D eigenvalue weighted by Gasteiger charge is -2.18. The summed E-state index contributed by atoms with van der Waals surface area (Å²) in [5, 5.41) is 9.16. The van der Waals surface area contributed by atoms with Crippen molar-refractivity contribution in [3.8, 4) is 0 Å². The molecule has 0 saturated heterocycles. The fourth-order valence-corrected chi connectivity index (χ4v) is 0.650. The molecule has 0 aliphatic carbocycles. The highest BCUT2D eigenvalue weighted by Gasteiger charge is 2.31. The lowest BCUT2D eigenvalue weighted by atomic mass is 10.1. The molecule has 0 spiro atoms. The van der Waals surface area contributed by atoms with Crippen molar-refractivity contribution in [3.05, 3.63) is 0 Å². The number of aliphatic hydroxyl groups is 1. The lowest BCUT2D eigenvalue weighted by Crippen LogP contribution is -2.48. The largest absolute Gasteiger partial charge is 0.466 e. The molecule has 0 aromatic carbocycles. The van der Waals surface area contributed by atoms with Crippen LogP contribution in [0.4, 0.5) is 0 Å². The van der Waals surface area contributed by atoms with Crippen molar-refractivity contribution in [2.75, 3.05) is 13.7 Å². The minimum atomic E-state index is -1.88. The van der Waals surface area contributed by atoms with Gasteiger partial charge in [0.05, 0.1) is 7.11 Å². The quantitative estimate of drug-likeness (QED) is 0.347. The molecule has 5 N–H and O–H groups in total. The molecule has 0 aromatic rings. The Bertz CT molecular complexity index is 136. The Morgan fingerprint density at radius 1 is 1.73 bits per heavy atom. The number of ether oxygens (including phenoxy) is 1. The van der Waals surface area contributed by atoms with E-state index in [4.69, 9.17) is 16.6 Å². The van der Waals surface area contributed by atoms with Gasteiger partial charge in [-0.2, -0.15) is 0 Å². The van der Waals surface area contributed by atoms with Gasteiger partial charge in [0, 0.05) is 6.42 Å². The first-order valence-electron chi connectivity index (χ1n) is 3.34. The average Bonchev–Trinajstić information content (AvgIpc) is 1.99. The van der Waals surface area contributed by atoms with E-state index in [0.717, 1.165) is 0 Å². The third kappa shape index (κ3) is 3.31. The van der Waals surface area contributed by atoms with Crippen LogP contribution in [0.3, 0.4) is 0 Å². The maximum atomic E-state index is 10.7. The molecule has 1 atom stereocenters. The molecule has 5 heteroatoms. The van der Waals surface area contributed by atoms with Crippen LogP contribution >= 0.6 is 0 Å². The van der Waals surface area contributed by atoms with E-state index >= 15 is 0 Å². The third-order valence-electron chi connectivity index (χ3n) is 1.30. The van der Waals surface area contributed by atoms with Crippen LogP contribution in [0.2, 0.25) is 0 Å². The Kier molecular flexibility index (Phi) is 4.02. The zero-order valence-electron chi connectivity index (χ0n) is 6.54. The number of methoxy groups -OCH3 is 1. The van der Waals surface area contributed by atoms with E-state index in [1.165, 1.54) is 7.11 Å². The normalized spacial score (nSPS) is 15.6. The Morgan fingerprint density at radius 3 is 2.64 bits per heavy atom. The molecule has 0 bridgehead atoms. The van der Waals surface area contributed by atoms with E-state index in [2.05, 4.69) is 4.74 Å². The highest BCUT2D eigenvalue weighted by Crippen LogP contribution is 2.06. The summed E-state index contributed by atoms with van der Waals surface area (Å²) < 4.78 is 4.26. The van der Waals surface area contributed by atoms with E-state index in [0.29, 0.717) is 13.0 Å². The highest BCUT2D eigenvalue weighted by atomic mass is 16.5. The van der Waals surface area contributed by atoms with Crippen LogP contribution in [-0.4, -0.2) is 30.5 Å². The molecule has 5 nitrogen and oxygen atoms in total. The van der Waals surface area contributed by atoms with Gasteiger partial charge in [0.2, 0.25) is 5.72 Å². The minimum absolute atomic E-state index is 0.121. The Hall–Kier alpha value is -0.650. The predicted octanol–water partition coefficient (Wildman–Crippen LogP) is -1.45. The summed E-state index contributed by atoms with van der Waals surface area (Å²) >= 11 is 0. The predicted molar refractivity (Wildman–Crippen MR) is 39.4 cm³/mol. The number of hydrogen-bond donors (Lipinski definition) is 3. The Morgan fingerprint density at radius 2 is 2.27 bits per heavy atom. The fraction of sp³-hybridized carbons (Fsp3) is 0.833. The van der Waals surface area contributed by atoms with Crippen molar-refractivity contribution in [1.82, 2.24) is 0 Å². The van der Waals surface area contributed by atoms with Gasteiger partial charge in [0.15, 0.2) is 0 Å². The number of esters is 1. The number of rotatable bonds is 4. The molecule has 0 unspecified atom stereocenters. The molecule has 0 saturated carbocycles. The fourth-order valence-electron chi connectivity index (χ4n) is 0.650. The Balaban J connectivity index is 3.88. The summed E-state index contributed by atoms with van der Waals surface area (Å²) in [5.41, 5.74) is 8.46. The first kappa shape index (κ1) is 10.3. The van der Waals surface area contributed by atoms with Gasteiger partial charge in [-0.15, -0.1) is 0 Å². The van der Waals surface area contributed by atoms with E-state index in [1.54, 1.807) is 0 Å².